The fraction of sp³-hybridized carbons (Fsp3) is 0.296. The molecule has 0 spiro atoms. The lowest BCUT2D eigenvalue weighted by Gasteiger charge is -2.29. The van der Waals surface area contributed by atoms with Crippen LogP contribution >= 0.6 is 11.3 Å². The van der Waals surface area contributed by atoms with Crippen molar-refractivity contribution in [1.82, 2.24) is 30.5 Å². The molecule has 1 aromatic carbocycles. The smallest absolute Gasteiger partial charge is 0.246 e. The molecule has 188 valence electrons. The molecule has 6 rings (SSSR count). The summed E-state index contributed by atoms with van der Waals surface area (Å²) < 4.78 is 12.2. The number of H-pyrrole nitrogens is 1. The first-order valence-electron chi connectivity index (χ1n) is 12.3. The number of ether oxygens (including phenoxy) is 1. The van der Waals surface area contributed by atoms with E-state index in [2.05, 4.69) is 32.8 Å². The van der Waals surface area contributed by atoms with Gasteiger partial charge in [-0.3, -0.25) is 4.79 Å². The number of nitrogens with one attached hydrogen (secondary N) is 1. The summed E-state index contributed by atoms with van der Waals surface area (Å²) in [4.78, 5) is 20.5. The first-order valence-corrected chi connectivity index (χ1v) is 13.2. The number of carbonyl (C=O) groups is 1. The molecule has 4 aromatic rings. The molecule has 0 fully saturated rings. The van der Waals surface area contributed by atoms with Crippen LogP contribution < -0.4 is 4.74 Å². The minimum absolute atomic E-state index is 0.00378. The van der Waals surface area contributed by atoms with Gasteiger partial charge in [-0.15, -0.1) is 21.5 Å². The number of nitrogens with zero attached hydrogens (tertiary/aromatic N) is 5. The topological polar surface area (TPSA) is 110 Å². The molecule has 1 amide bonds. The zero-order valence-electron chi connectivity index (χ0n) is 20.4. The number of allylic oxidation sites excluding steroid dienone is 2. The van der Waals surface area contributed by atoms with E-state index >= 15 is 0 Å². The van der Waals surface area contributed by atoms with Gasteiger partial charge in [0.15, 0.2) is 5.89 Å². The second-order valence-electron chi connectivity index (χ2n) is 9.19. The lowest BCUT2D eigenvalue weighted by Crippen LogP contribution is -2.34. The van der Waals surface area contributed by atoms with Crippen molar-refractivity contribution in [3.63, 3.8) is 0 Å². The highest BCUT2D eigenvalue weighted by molar-refractivity contribution is 7.10. The maximum absolute atomic E-state index is 12.9. The second-order valence-corrected chi connectivity index (χ2v) is 10.2. The number of thiophene rings is 1. The van der Waals surface area contributed by atoms with Gasteiger partial charge in [0.05, 0.1) is 5.56 Å². The predicted octanol–water partition coefficient (Wildman–Crippen LogP) is 4.84. The number of rotatable bonds is 7. The highest BCUT2D eigenvalue weighted by atomic mass is 32.1. The molecule has 37 heavy (non-hydrogen) atoms. The molecule has 1 aliphatic heterocycles. The number of hydrogen-bond donors (Lipinski definition) is 1. The fourth-order valence-electron chi connectivity index (χ4n) is 4.71. The first-order chi connectivity index (χ1) is 18.1. The van der Waals surface area contributed by atoms with Gasteiger partial charge in [-0.2, -0.15) is 5.21 Å². The van der Waals surface area contributed by atoms with Crippen molar-refractivity contribution in [1.29, 1.82) is 0 Å². The lowest BCUT2D eigenvalue weighted by atomic mass is 9.96. The number of carbonyl (C=O) groups excluding carboxylic acids is 1. The number of tetrazole rings is 1. The molecule has 1 aliphatic carbocycles. The van der Waals surface area contributed by atoms with Gasteiger partial charge in [-0.1, -0.05) is 18.2 Å². The molecule has 4 heterocycles. The second kappa shape index (κ2) is 10.1. The minimum atomic E-state index is -0.00378. The Bertz CT molecular complexity index is 1450. The van der Waals surface area contributed by atoms with E-state index in [1.165, 1.54) is 0 Å². The fourth-order valence-corrected chi connectivity index (χ4v) is 5.33. The minimum Gasteiger partial charge on any atom is -0.486 e. The molecular formula is C27H26N6O3S. The number of aryl methyl sites for hydroxylation is 1. The van der Waals surface area contributed by atoms with Crippen LogP contribution in [0.3, 0.4) is 0 Å². The Hall–Kier alpha value is -4.05. The van der Waals surface area contributed by atoms with Gasteiger partial charge in [0.25, 0.3) is 0 Å². The van der Waals surface area contributed by atoms with Crippen LogP contribution in [0.15, 0.2) is 52.3 Å². The summed E-state index contributed by atoms with van der Waals surface area (Å²) in [5.74, 6) is 2.89. The van der Waals surface area contributed by atoms with Crippen LogP contribution in [0.4, 0.5) is 0 Å². The van der Waals surface area contributed by atoms with E-state index in [0.29, 0.717) is 30.6 Å². The van der Waals surface area contributed by atoms with Crippen LogP contribution in [0, 0.1) is 6.92 Å². The summed E-state index contributed by atoms with van der Waals surface area (Å²) >= 11 is 1.61. The number of aromatic amines is 1. The maximum Gasteiger partial charge on any atom is 0.246 e. The summed E-state index contributed by atoms with van der Waals surface area (Å²) in [6, 6.07) is 8.00. The summed E-state index contributed by atoms with van der Waals surface area (Å²) in [6.45, 7) is 3.32. The van der Waals surface area contributed by atoms with E-state index in [-0.39, 0.29) is 12.5 Å². The van der Waals surface area contributed by atoms with Crippen LogP contribution in [-0.2, 0) is 24.4 Å². The zero-order chi connectivity index (χ0) is 25.2. The Labute approximate surface area is 217 Å². The van der Waals surface area contributed by atoms with Crippen molar-refractivity contribution >= 4 is 23.3 Å². The van der Waals surface area contributed by atoms with Crippen LogP contribution in [0.25, 0.3) is 17.5 Å². The van der Waals surface area contributed by atoms with Gasteiger partial charge in [-0.05, 0) is 72.2 Å². The number of benzene rings is 1. The molecule has 0 radical (unpaired) electrons. The third-order valence-corrected chi connectivity index (χ3v) is 7.61. The Kier molecular flexibility index (Phi) is 6.40. The summed E-state index contributed by atoms with van der Waals surface area (Å²) in [6.07, 6.45) is 10.5. The highest BCUT2D eigenvalue weighted by Gasteiger charge is 2.24. The molecule has 10 heteroatoms. The van der Waals surface area contributed by atoms with E-state index in [4.69, 9.17) is 14.1 Å². The summed E-state index contributed by atoms with van der Waals surface area (Å²) in [5.41, 5.74) is 3.72. The number of oxazole rings is 1. The summed E-state index contributed by atoms with van der Waals surface area (Å²) in [7, 11) is 0. The molecule has 9 nitrogen and oxygen atoms in total. The molecule has 0 atom stereocenters. The van der Waals surface area contributed by atoms with Crippen molar-refractivity contribution in [3.05, 3.63) is 81.2 Å². The van der Waals surface area contributed by atoms with E-state index in [1.807, 2.05) is 47.5 Å². The molecular weight excluding hydrogens is 488 g/mol. The van der Waals surface area contributed by atoms with Crippen molar-refractivity contribution in [3.8, 4) is 17.1 Å². The number of fused-ring (bicyclic) bond motifs is 1. The Morgan fingerprint density at radius 1 is 1.30 bits per heavy atom. The predicted molar refractivity (Wildman–Crippen MR) is 139 cm³/mol. The average Bonchev–Trinajstić information content (AvgIpc) is 3.73. The van der Waals surface area contributed by atoms with E-state index in [0.717, 1.165) is 58.2 Å². The van der Waals surface area contributed by atoms with Crippen LogP contribution in [0.5, 0.6) is 5.75 Å². The number of amides is 1. The first kappa shape index (κ1) is 23.4. The van der Waals surface area contributed by atoms with E-state index < -0.39 is 0 Å². The van der Waals surface area contributed by atoms with Crippen molar-refractivity contribution < 1.29 is 13.9 Å². The van der Waals surface area contributed by atoms with Gasteiger partial charge < -0.3 is 14.1 Å². The number of hydrogen-bond acceptors (Lipinski definition) is 8. The maximum atomic E-state index is 12.9. The number of aromatic nitrogens is 5. The van der Waals surface area contributed by atoms with E-state index in [9.17, 15) is 4.79 Å². The van der Waals surface area contributed by atoms with Gasteiger partial charge in [0.1, 0.15) is 23.8 Å². The van der Waals surface area contributed by atoms with Crippen molar-refractivity contribution in [2.75, 3.05) is 6.54 Å². The standard InChI is InChI=1S/C27H26N6O3S/c1-17-23(28-27(36-17)18-5-2-3-6-18)16-35-24-14-20-15-33(25(34)9-8-21-7-4-12-37-21)11-10-19(20)13-22(24)26-29-31-32-30-26/h2-4,7-9,12-14,18H,5-6,10-11,15-16H2,1H3,(H,29,30,31,32)/b9-8+. The van der Waals surface area contributed by atoms with Gasteiger partial charge >= 0.3 is 0 Å². The molecule has 3 aromatic heterocycles. The largest absolute Gasteiger partial charge is 0.486 e. The molecule has 0 unspecified atom stereocenters. The van der Waals surface area contributed by atoms with Crippen LogP contribution in [0.2, 0.25) is 0 Å². The Morgan fingerprint density at radius 2 is 2.19 bits per heavy atom. The highest BCUT2D eigenvalue weighted by Crippen LogP contribution is 2.35. The zero-order valence-corrected chi connectivity index (χ0v) is 21.2. The molecule has 0 saturated heterocycles. The Balaban J connectivity index is 1.23. The molecule has 1 N–H and O–H groups in total. The lowest BCUT2D eigenvalue weighted by molar-refractivity contribution is -0.126. The molecule has 0 bridgehead atoms. The van der Waals surface area contributed by atoms with Crippen LogP contribution in [-0.4, -0.2) is 43.0 Å². The molecule has 0 saturated carbocycles. The summed E-state index contributed by atoms with van der Waals surface area (Å²) in [5, 5.41) is 16.6. The molecule has 2 aliphatic rings. The van der Waals surface area contributed by atoms with E-state index in [1.54, 1.807) is 17.4 Å². The van der Waals surface area contributed by atoms with Crippen LogP contribution in [0.1, 0.15) is 52.1 Å². The Morgan fingerprint density at radius 3 is 2.97 bits per heavy atom. The van der Waals surface area contributed by atoms with Crippen molar-refractivity contribution in [2.45, 2.75) is 45.3 Å². The monoisotopic (exact) mass is 514 g/mol. The van der Waals surface area contributed by atoms with Gasteiger partial charge in [0, 0.05) is 30.0 Å². The normalized spacial score (nSPS) is 15.5. The van der Waals surface area contributed by atoms with Gasteiger partial charge in [0.2, 0.25) is 11.7 Å². The average molecular weight is 515 g/mol. The quantitative estimate of drug-likeness (QED) is 0.278. The third kappa shape index (κ3) is 4.97. The van der Waals surface area contributed by atoms with Gasteiger partial charge in [-0.25, -0.2) is 4.98 Å². The SMILES string of the molecule is Cc1oc(C2CC=CC2)nc1COc1cc2c(cc1-c1nn[nH]n1)CCN(C(=O)/C=C/c1cccs1)C2. The third-order valence-electron chi connectivity index (χ3n) is 6.78. The van der Waals surface area contributed by atoms with Crippen molar-refractivity contribution in [2.24, 2.45) is 0 Å².